The number of allylic oxidation sites excluding steroid dienone is 3. The van der Waals surface area contributed by atoms with Crippen LogP contribution in [-0.2, 0) is 49.3 Å². The number of carbonyl (C=O) groups is 6. The van der Waals surface area contributed by atoms with Gasteiger partial charge >= 0.3 is 12.1 Å². The van der Waals surface area contributed by atoms with E-state index in [4.69, 9.17) is 41.0 Å². The summed E-state index contributed by atoms with van der Waals surface area (Å²) in [6.45, 7) is 8.77. The number of halogens is 1. The number of benzene rings is 1. The number of nitrogens with zero attached hydrogens (tertiary/aromatic N) is 3. The topological polar surface area (TPSA) is 220 Å². The van der Waals surface area contributed by atoms with Crippen LogP contribution in [0, 0.1) is 5.92 Å². The third kappa shape index (κ3) is 10.6. The number of nitrogens with one attached hydrogen (secondary N) is 1. The molecule has 0 spiro atoms. The van der Waals surface area contributed by atoms with Crippen molar-refractivity contribution in [3.8, 4) is 5.75 Å². The van der Waals surface area contributed by atoms with E-state index in [2.05, 4.69) is 5.32 Å². The van der Waals surface area contributed by atoms with Crippen LogP contribution in [-0.4, -0.2) is 138 Å². The molecule has 17 nitrogen and oxygen atoms in total. The molecule has 4 N–H and O–H groups in total. The van der Waals surface area contributed by atoms with Gasteiger partial charge in [0.1, 0.15) is 40.7 Å². The molecule has 1 aromatic carbocycles. The lowest BCUT2D eigenvalue weighted by Gasteiger charge is -2.42. The predicted octanol–water partition coefficient (Wildman–Crippen LogP) is 3.85. The Bertz CT molecular complexity index is 1970. The first-order valence-corrected chi connectivity index (χ1v) is 22.2. The van der Waals surface area contributed by atoms with Crippen LogP contribution in [0.4, 0.5) is 10.5 Å². The van der Waals surface area contributed by atoms with E-state index in [9.17, 15) is 33.9 Å². The van der Waals surface area contributed by atoms with E-state index in [1.165, 1.54) is 49.8 Å². The van der Waals surface area contributed by atoms with Gasteiger partial charge in [-0.25, -0.2) is 9.59 Å². The van der Waals surface area contributed by atoms with Gasteiger partial charge in [-0.05, 0) is 51.3 Å². The van der Waals surface area contributed by atoms with Gasteiger partial charge in [-0.1, -0.05) is 55.7 Å². The summed E-state index contributed by atoms with van der Waals surface area (Å²) in [6, 6.07) is 2.43. The zero-order chi connectivity index (χ0) is 45.8. The standard InChI is InChI=1S/C43H60ClN5O12S/c1-10-12-33(45)49-36(52)20-30(39(49)53)62-16-15-34(50)47(6)25(4)40(54)60-32-21-35(51)48(7)27-18-26(19-28(57-8)37(27)44)17-23(2)13-11-14-31(58-9)43(56)22-29(59-41(55)46-43)24(3)38-42(32,5)61-38/h11,13-14,18-19,24-25,29-33,38,56H,10,12,15-17,20-22,45H2,1-9H3,(H,46,55)/b14-11+,23-13+/t24-,25+,29+,30?,31-,32+,33?,38+,42+,43+/m1/s1. The number of fused-ring (bicyclic) bond motifs is 5. The second-order valence-corrected chi connectivity index (χ2v) is 18.4. The molecule has 4 aliphatic heterocycles. The number of imide groups is 1. The largest absolute Gasteiger partial charge is 0.495 e. The third-order valence-electron chi connectivity index (χ3n) is 12.2. The summed E-state index contributed by atoms with van der Waals surface area (Å²) < 4.78 is 29.3. The number of thioether (sulfide) groups is 1. The van der Waals surface area contributed by atoms with E-state index in [1.807, 2.05) is 19.9 Å². The maximum absolute atomic E-state index is 14.3. The van der Waals surface area contributed by atoms with Crippen LogP contribution in [0.2, 0.25) is 5.02 Å². The summed E-state index contributed by atoms with van der Waals surface area (Å²) in [6.07, 6.45) is 0.985. The lowest BCUT2D eigenvalue weighted by atomic mass is 9.83. The van der Waals surface area contributed by atoms with E-state index in [0.29, 0.717) is 30.7 Å². The number of anilines is 1. The van der Waals surface area contributed by atoms with E-state index in [1.54, 1.807) is 45.2 Å². The Morgan fingerprint density at radius 1 is 1.18 bits per heavy atom. The molecule has 342 valence electrons. The molecule has 0 radical (unpaired) electrons. The quantitative estimate of drug-likeness (QED) is 0.154. The molecule has 1 aromatic rings. The second-order valence-electron chi connectivity index (χ2n) is 16.7. The highest BCUT2D eigenvalue weighted by atomic mass is 35.5. The van der Waals surface area contributed by atoms with Gasteiger partial charge in [0.2, 0.25) is 23.6 Å². The van der Waals surface area contributed by atoms with Crippen LogP contribution in [0.5, 0.6) is 5.75 Å². The Labute approximate surface area is 371 Å². The van der Waals surface area contributed by atoms with Crippen LogP contribution in [0.1, 0.15) is 78.7 Å². The summed E-state index contributed by atoms with van der Waals surface area (Å²) in [4.78, 5) is 83.7. The Morgan fingerprint density at radius 2 is 1.89 bits per heavy atom. The number of carbonyl (C=O) groups excluding carboxylic acids is 6. The SMILES string of the molecule is CCCC(N)N1C(=O)CC(SCCC(=O)N(C)[C@@H](C)C(=O)O[C@H]2CC(=O)N(C)c3cc(cc(OC)c3Cl)C/C(C)=C/C=C/[C@@H](OC)[C@@]3(O)C[C@H](OC(=O)N3)[C@@H](C)[C@@H]3O[C@@]23C)C1=O. The van der Waals surface area contributed by atoms with Crippen molar-refractivity contribution in [1.29, 1.82) is 0 Å². The summed E-state index contributed by atoms with van der Waals surface area (Å²) >= 11 is 7.97. The van der Waals surface area contributed by atoms with E-state index < -0.39 is 83.0 Å². The first-order chi connectivity index (χ1) is 29.2. The van der Waals surface area contributed by atoms with Gasteiger partial charge in [-0.2, -0.15) is 0 Å². The van der Waals surface area contributed by atoms with Crippen molar-refractivity contribution in [2.75, 3.05) is 39.0 Å². The Morgan fingerprint density at radius 3 is 2.55 bits per heavy atom. The number of nitrogens with two attached hydrogens (primary N) is 1. The Hall–Kier alpha value is -4.20. The lowest BCUT2D eigenvalue weighted by molar-refractivity contribution is -0.162. The maximum atomic E-state index is 14.3. The maximum Gasteiger partial charge on any atom is 0.409 e. The molecule has 0 saturated carbocycles. The van der Waals surface area contributed by atoms with E-state index in [0.717, 1.165) is 16.0 Å². The number of ether oxygens (including phenoxy) is 5. The molecule has 0 aromatic heterocycles. The van der Waals surface area contributed by atoms with Gasteiger partial charge in [0.05, 0.1) is 36.7 Å². The number of hydrogen-bond acceptors (Lipinski definition) is 14. The molecule has 5 rings (SSSR count). The first kappa shape index (κ1) is 48.8. The van der Waals surface area contributed by atoms with Crippen molar-refractivity contribution in [3.63, 3.8) is 0 Å². The van der Waals surface area contributed by atoms with Crippen LogP contribution >= 0.6 is 23.4 Å². The molecule has 10 atom stereocenters. The lowest BCUT2D eigenvalue weighted by Crippen LogP contribution is -2.63. The number of amides is 5. The average molecular weight is 906 g/mol. The van der Waals surface area contributed by atoms with Crippen molar-refractivity contribution >= 4 is 64.7 Å². The molecule has 3 fully saturated rings. The number of alkyl carbamates (subject to hydrolysis) is 1. The summed E-state index contributed by atoms with van der Waals surface area (Å²) in [5.74, 6) is -2.44. The number of methoxy groups -OCH3 is 2. The van der Waals surface area contributed by atoms with Crippen molar-refractivity contribution in [3.05, 3.63) is 46.5 Å². The summed E-state index contributed by atoms with van der Waals surface area (Å²) in [5.41, 5.74) is 4.95. The van der Waals surface area contributed by atoms with Crippen LogP contribution < -0.4 is 20.7 Å². The minimum absolute atomic E-state index is 0.00240. The van der Waals surface area contributed by atoms with Gasteiger partial charge < -0.3 is 44.3 Å². The minimum Gasteiger partial charge on any atom is -0.495 e. The average Bonchev–Trinajstić information content (AvgIpc) is 3.83. The molecule has 0 aliphatic carbocycles. The molecule has 3 saturated heterocycles. The fourth-order valence-corrected chi connectivity index (χ4v) is 9.62. The summed E-state index contributed by atoms with van der Waals surface area (Å²) in [7, 11) is 5.89. The van der Waals surface area contributed by atoms with Gasteiger partial charge in [0, 0.05) is 52.1 Å². The highest BCUT2D eigenvalue weighted by Crippen LogP contribution is 2.49. The Kier molecular flexibility index (Phi) is 15.8. The minimum atomic E-state index is -1.86. The fourth-order valence-electron chi connectivity index (χ4n) is 8.21. The van der Waals surface area contributed by atoms with E-state index in [-0.39, 0.29) is 48.3 Å². The van der Waals surface area contributed by atoms with Crippen molar-refractivity contribution in [1.82, 2.24) is 15.1 Å². The van der Waals surface area contributed by atoms with Gasteiger partial charge in [-0.15, -0.1) is 11.8 Å². The zero-order valence-electron chi connectivity index (χ0n) is 36.8. The van der Waals surface area contributed by atoms with Crippen LogP contribution in [0.25, 0.3) is 0 Å². The van der Waals surface area contributed by atoms with E-state index >= 15 is 0 Å². The number of likely N-dealkylation sites (N-methyl/N-ethyl adjacent to an activating group) is 1. The van der Waals surface area contributed by atoms with Gasteiger partial charge in [0.15, 0.2) is 5.72 Å². The highest BCUT2D eigenvalue weighted by Gasteiger charge is 2.64. The monoisotopic (exact) mass is 905 g/mol. The highest BCUT2D eigenvalue weighted by molar-refractivity contribution is 8.00. The molecule has 4 bridgehead atoms. The fraction of sp³-hybridized carbons (Fsp3) is 0.628. The first-order valence-electron chi connectivity index (χ1n) is 20.8. The summed E-state index contributed by atoms with van der Waals surface area (Å²) in [5, 5.41) is 13.8. The number of rotatable bonds is 12. The molecular formula is C43H60ClN5O12S. The normalized spacial score (nSPS) is 31.5. The number of epoxide rings is 1. The van der Waals surface area contributed by atoms with Gasteiger partial charge in [-0.3, -0.25) is 29.4 Å². The van der Waals surface area contributed by atoms with Gasteiger partial charge in [0.25, 0.3) is 0 Å². The van der Waals surface area contributed by atoms with Crippen molar-refractivity contribution in [2.45, 2.75) is 133 Å². The van der Waals surface area contributed by atoms with Crippen LogP contribution in [0.3, 0.4) is 0 Å². The number of hydrogen-bond donors (Lipinski definition) is 3. The molecule has 2 unspecified atom stereocenters. The zero-order valence-corrected chi connectivity index (χ0v) is 38.4. The predicted molar refractivity (Wildman–Crippen MR) is 231 cm³/mol. The molecule has 19 heteroatoms. The molecular weight excluding hydrogens is 846 g/mol. The number of likely N-dealkylation sites (tertiary alicyclic amines) is 1. The number of aliphatic hydroxyl groups is 1. The smallest absolute Gasteiger partial charge is 0.409 e. The Balaban J connectivity index is 1.38. The molecule has 4 heterocycles. The van der Waals surface area contributed by atoms with Crippen molar-refractivity contribution < 1.29 is 57.6 Å². The van der Waals surface area contributed by atoms with Crippen molar-refractivity contribution in [2.24, 2.45) is 11.7 Å². The molecule has 5 amide bonds. The molecule has 4 aliphatic rings. The van der Waals surface area contributed by atoms with Crippen LogP contribution in [0.15, 0.2) is 35.9 Å². The second kappa shape index (κ2) is 20.1. The third-order valence-corrected chi connectivity index (χ3v) is 13.8. The number of esters is 1. The molecule has 62 heavy (non-hydrogen) atoms.